The summed E-state index contributed by atoms with van der Waals surface area (Å²) < 4.78 is 66.3. The van der Waals surface area contributed by atoms with E-state index in [0.717, 1.165) is 21.0 Å². The molecule has 5 atom stereocenters. The molecule has 0 spiro atoms. The molecule has 0 radical (unpaired) electrons. The van der Waals surface area contributed by atoms with Gasteiger partial charge in [0.1, 0.15) is 6.09 Å². The van der Waals surface area contributed by atoms with E-state index >= 15 is 0 Å². The number of carbonyl (C=O) groups excluding carboxylic acids is 1. The normalized spacial score (nSPS) is 21.8. The van der Waals surface area contributed by atoms with E-state index in [1.54, 1.807) is 38.1 Å². The minimum atomic E-state index is -4.23. The number of aliphatic hydroxyl groups excluding tert-OH is 1. The lowest BCUT2D eigenvalue weighted by Gasteiger charge is -2.43. The number of anilines is 1. The van der Waals surface area contributed by atoms with Crippen molar-refractivity contribution in [1.29, 1.82) is 0 Å². The molecule has 2 aliphatic heterocycles. The molecule has 15 heteroatoms. The molecule has 2 aromatic carbocycles. The van der Waals surface area contributed by atoms with Crippen LogP contribution in [0.1, 0.15) is 32.3 Å². The summed E-state index contributed by atoms with van der Waals surface area (Å²) in [5.74, 6) is -0.260. The fraction of sp³-hybridized carbons (Fsp3) is 0.567. The van der Waals surface area contributed by atoms with E-state index in [4.69, 9.17) is 15.2 Å². The lowest BCUT2D eigenvalue weighted by atomic mass is 9.89. The number of nitrogens with zero attached hydrogens (tertiary/aromatic N) is 2. The van der Waals surface area contributed by atoms with Crippen LogP contribution in [0.5, 0.6) is 0 Å². The van der Waals surface area contributed by atoms with Crippen LogP contribution in [0.3, 0.4) is 0 Å². The molecule has 2 saturated heterocycles. The summed E-state index contributed by atoms with van der Waals surface area (Å²) in [6.45, 7) is 3.57. The third kappa shape index (κ3) is 9.15. The predicted octanol–water partition coefficient (Wildman–Crippen LogP) is 0.604. The van der Waals surface area contributed by atoms with Crippen LogP contribution in [0.15, 0.2) is 59.5 Å². The summed E-state index contributed by atoms with van der Waals surface area (Å²) in [4.78, 5) is 13.8. The van der Waals surface area contributed by atoms with E-state index in [2.05, 4.69) is 4.72 Å². The summed E-state index contributed by atoms with van der Waals surface area (Å²) >= 11 is 0. The molecule has 4 N–H and O–H groups in total. The van der Waals surface area contributed by atoms with Gasteiger partial charge in [-0.05, 0) is 54.5 Å². The zero-order valence-corrected chi connectivity index (χ0v) is 27.4. The number of amides is 1. The smallest absolute Gasteiger partial charge is 0.243 e. The maximum atomic E-state index is 14.1. The largest absolute Gasteiger partial charge is 0.530 e. The number of carbonyl (C=O) groups is 1. The van der Waals surface area contributed by atoms with Gasteiger partial charge in [0, 0.05) is 31.2 Å². The lowest BCUT2D eigenvalue weighted by molar-refractivity contribution is -0.273. The fourth-order valence-corrected chi connectivity index (χ4v) is 8.14. The van der Waals surface area contributed by atoms with Gasteiger partial charge in [-0.25, -0.2) is 21.6 Å². The summed E-state index contributed by atoms with van der Waals surface area (Å²) in [5, 5.41) is 24.7. The first-order valence-electron chi connectivity index (χ1n) is 14.8. The highest BCUT2D eigenvalue weighted by Gasteiger charge is 2.47. The van der Waals surface area contributed by atoms with Crippen LogP contribution in [0.4, 0.5) is 10.5 Å². The van der Waals surface area contributed by atoms with Crippen molar-refractivity contribution in [2.45, 2.75) is 62.5 Å². The van der Waals surface area contributed by atoms with Crippen molar-refractivity contribution in [1.82, 2.24) is 13.9 Å². The Balaban J connectivity index is 1.69. The van der Waals surface area contributed by atoms with Crippen LogP contribution >= 0.6 is 0 Å². The average Bonchev–Trinajstić information content (AvgIpc) is 3.57. The number of benzene rings is 2. The summed E-state index contributed by atoms with van der Waals surface area (Å²) in [6, 6.07) is 12.9. The molecule has 2 aliphatic rings. The Labute approximate surface area is 265 Å². The Morgan fingerprint density at radius 3 is 2.40 bits per heavy atom. The van der Waals surface area contributed by atoms with E-state index in [0.29, 0.717) is 18.7 Å². The monoisotopic (exact) mass is 667 g/mol. The first kappa shape index (κ1) is 35.1. The van der Waals surface area contributed by atoms with Crippen molar-refractivity contribution < 1.29 is 41.3 Å². The van der Waals surface area contributed by atoms with Crippen LogP contribution < -0.4 is 15.6 Å². The van der Waals surface area contributed by atoms with Crippen molar-refractivity contribution >= 4 is 31.8 Å². The van der Waals surface area contributed by atoms with E-state index in [9.17, 15) is 31.8 Å². The molecule has 0 bridgehead atoms. The van der Waals surface area contributed by atoms with Gasteiger partial charge in [0.15, 0.2) is 6.29 Å². The topological polar surface area (TPSA) is 192 Å². The van der Waals surface area contributed by atoms with Crippen molar-refractivity contribution in [2.24, 2.45) is 11.3 Å². The molecule has 250 valence electrons. The van der Waals surface area contributed by atoms with Gasteiger partial charge >= 0.3 is 0 Å². The predicted molar refractivity (Wildman–Crippen MR) is 166 cm³/mol. The molecular formula is C30H43N4O9S2-. The summed E-state index contributed by atoms with van der Waals surface area (Å²) in [6.07, 6.45) is -1.57. The number of nitrogen functional groups attached to an aromatic ring is 1. The zero-order valence-electron chi connectivity index (χ0n) is 25.7. The summed E-state index contributed by atoms with van der Waals surface area (Å²) in [7, 11) is -7.69. The van der Waals surface area contributed by atoms with Gasteiger partial charge in [0.05, 0.1) is 42.6 Å². The second-order valence-corrected chi connectivity index (χ2v) is 16.3. The Morgan fingerprint density at radius 2 is 1.78 bits per heavy atom. The van der Waals surface area contributed by atoms with Crippen molar-refractivity contribution in [3.05, 3.63) is 60.2 Å². The van der Waals surface area contributed by atoms with E-state index in [-0.39, 0.29) is 43.4 Å². The number of rotatable bonds is 15. The zero-order chi connectivity index (χ0) is 33.0. The third-order valence-electron chi connectivity index (χ3n) is 8.34. The number of hydrogen-bond acceptors (Lipinski definition) is 10. The van der Waals surface area contributed by atoms with Gasteiger partial charge in [0.25, 0.3) is 0 Å². The second kappa shape index (κ2) is 14.3. The highest BCUT2D eigenvalue weighted by atomic mass is 32.2. The number of aliphatic hydroxyl groups is 1. The molecule has 0 unspecified atom stereocenters. The van der Waals surface area contributed by atoms with Gasteiger partial charge in [-0.1, -0.05) is 44.2 Å². The van der Waals surface area contributed by atoms with Gasteiger partial charge < -0.3 is 35.1 Å². The number of hydrogen-bond donors (Lipinski definition) is 3. The third-order valence-corrected chi connectivity index (χ3v) is 10.9. The summed E-state index contributed by atoms with van der Waals surface area (Å²) in [5.41, 5.74) is 6.15. The molecular weight excluding hydrogens is 624 g/mol. The van der Waals surface area contributed by atoms with E-state index in [1.807, 2.05) is 6.07 Å². The van der Waals surface area contributed by atoms with Crippen LogP contribution in [-0.2, 0) is 35.9 Å². The van der Waals surface area contributed by atoms with Gasteiger partial charge in [0.2, 0.25) is 20.0 Å². The standard InChI is InChI=1S/C30H44N4O9S2/c1-30(2,14-15-32-44(3,38)39)20-33(45(40,41)23-11-9-22(31)10-12-23)18-27(35)25(17-21-7-5-4-6-8-21)34(29(36)37)26-19-43-28-24(26)13-16-42-28/h4-12,24-28,32,35H,13-20,31H2,1-3H3,(H,36,37)/p-1/t24-,25-,26-,27+,28+/m0/s1. The van der Waals surface area contributed by atoms with E-state index < -0.39 is 62.6 Å². The van der Waals surface area contributed by atoms with Crippen LogP contribution in [-0.4, -0.2) is 101 Å². The SMILES string of the molecule is CC(C)(CCNS(C)(=O)=O)CN(C[C@@H](O)[C@H](Cc1ccccc1)N(C(=O)[O-])[C@H]1CO[C@H]2OCC[C@H]21)S(=O)(=O)c1ccc(N)cc1. The molecule has 0 aromatic heterocycles. The maximum Gasteiger partial charge on any atom is 0.243 e. The molecule has 0 saturated carbocycles. The van der Waals surface area contributed by atoms with Crippen LogP contribution in [0.2, 0.25) is 0 Å². The second-order valence-electron chi connectivity index (χ2n) is 12.5. The number of ether oxygens (including phenoxy) is 2. The number of nitrogens with two attached hydrogens (primary N) is 1. The van der Waals surface area contributed by atoms with Crippen molar-refractivity contribution in [2.75, 3.05) is 44.8 Å². The fourth-order valence-electron chi connectivity index (χ4n) is 6.02. The Kier molecular flexibility index (Phi) is 11.2. The molecule has 13 nitrogen and oxygen atoms in total. The van der Waals surface area contributed by atoms with Crippen LogP contribution in [0, 0.1) is 11.3 Å². The van der Waals surface area contributed by atoms with Crippen molar-refractivity contribution in [3.63, 3.8) is 0 Å². The quantitative estimate of drug-likeness (QED) is 0.227. The Bertz CT molecular complexity index is 1510. The molecule has 2 fully saturated rings. The first-order chi connectivity index (χ1) is 21.1. The molecule has 2 aromatic rings. The molecule has 45 heavy (non-hydrogen) atoms. The van der Waals surface area contributed by atoms with Crippen LogP contribution in [0.25, 0.3) is 0 Å². The highest BCUT2D eigenvalue weighted by molar-refractivity contribution is 7.89. The van der Waals surface area contributed by atoms with E-state index in [1.165, 1.54) is 24.3 Å². The molecule has 4 rings (SSSR count). The number of carboxylic acid groups (broad SMARTS) is 1. The maximum absolute atomic E-state index is 14.1. The minimum Gasteiger partial charge on any atom is -0.530 e. The molecule has 1 amide bonds. The number of sulfonamides is 2. The first-order valence-corrected chi connectivity index (χ1v) is 18.2. The van der Waals surface area contributed by atoms with Gasteiger partial charge in [-0.3, -0.25) is 0 Å². The van der Waals surface area contributed by atoms with Gasteiger partial charge in [-0.15, -0.1) is 0 Å². The minimum absolute atomic E-state index is 0.0507. The van der Waals surface area contributed by atoms with Crippen molar-refractivity contribution in [3.8, 4) is 0 Å². The number of fused-ring (bicyclic) bond motifs is 1. The molecule has 2 heterocycles. The Hall–Kier alpha value is -2.79. The average molecular weight is 668 g/mol. The Morgan fingerprint density at radius 1 is 1.11 bits per heavy atom. The highest BCUT2D eigenvalue weighted by Crippen LogP contribution is 2.36. The molecule has 0 aliphatic carbocycles. The van der Waals surface area contributed by atoms with Gasteiger partial charge in [-0.2, -0.15) is 4.31 Å². The lowest BCUT2D eigenvalue weighted by Crippen LogP contribution is -2.61. The number of nitrogens with one attached hydrogen (secondary N) is 1.